The van der Waals surface area contributed by atoms with Gasteiger partial charge in [0.2, 0.25) is 12.8 Å². The van der Waals surface area contributed by atoms with Crippen LogP contribution >= 0.6 is 0 Å². The molecule has 3 amide bonds. The molecular weight excluding hydrogens is 256 g/mol. The molecule has 9 heteroatoms. The highest BCUT2D eigenvalue weighted by Gasteiger charge is 2.03. The number of nitrogens with two attached hydrogens (primary N) is 1. The summed E-state index contributed by atoms with van der Waals surface area (Å²) in [5, 5.41) is 0. The van der Waals surface area contributed by atoms with Crippen molar-refractivity contribution < 1.29 is 23.9 Å². The van der Waals surface area contributed by atoms with Crippen LogP contribution in [-0.2, 0) is 23.9 Å². The average molecular weight is 276 g/mol. The molecule has 0 aliphatic carbocycles. The second-order valence-corrected chi connectivity index (χ2v) is 3.41. The van der Waals surface area contributed by atoms with Crippen LogP contribution in [0.2, 0.25) is 0 Å². The van der Waals surface area contributed by atoms with Gasteiger partial charge in [-0.2, -0.15) is 0 Å². The number of ether oxygens (including phenoxy) is 1. The van der Waals surface area contributed by atoms with Gasteiger partial charge in [0.15, 0.2) is 0 Å². The number of carbonyl (C=O) groups is 4. The number of rotatable bonds is 7. The highest BCUT2D eigenvalue weighted by Crippen LogP contribution is 1.80. The number of nitrogens with one attached hydrogen (secondary N) is 1. The quantitative estimate of drug-likeness (QED) is 0.177. The standard InChI is InChI=1S/C6H11NO3.C4H9N3O2/c1-3-10-6(9)4-7(2)5-8;1-7(3-8)2-4(9)6-5/h5H,3-4H2,1-2H3;3H,2,5H2,1H3,(H,6,9). The first-order chi connectivity index (χ1) is 8.90. The van der Waals surface area contributed by atoms with E-state index in [0.29, 0.717) is 19.4 Å². The molecule has 0 aliphatic heterocycles. The number of nitrogens with zero attached hydrogens (tertiary/aromatic N) is 2. The van der Waals surface area contributed by atoms with Crippen molar-refractivity contribution in [3.05, 3.63) is 0 Å². The fourth-order valence-electron chi connectivity index (χ4n) is 0.757. The van der Waals surface area contributed by atoms with Crippen molar-refractivity contribution in [1.29, 1.82) is 0 Å². The molecular formula is C10H20N4O5. The molecule has 0 saturated heterocycles. The van der Waals surface area contributed by atoms with E-state index in [1.807, 2.05) is 5.43 Å². The number of carbonyl (C=O) groups excluding carboxylic acids is 4. The summed E-state index contributed by atoms with van der Waals surface area (Å²) in [6.07, 6.45) is 1.13. The zero-order chi connectivity index (χ0) is 15.3. The summed E-state index contributed by atoms with van der Waals surface area (Å²) in [5.74, 6) is 3.97. The van der Waals surface area contributed by atoms with E-state index in [9.17, 15) is 19.2 Å². The second kappa shape index (κ2) is 12.3. The zero-order valence-electron chi connectivity index (χ0n) is 11.3. The molecule has 0 spiro atoms. The Hall–Kier alpha value is -2.16. The maximum absolute atomic E-state index is 10.6. The lowest BCUT2D eigenvalue weighted by Gasteiger charge is -2.07. The summed E-state index contributed by atoms with van der Waals surface area (Å²) in [7, 11) is 3.01. The molecule has 0 aromatic carbocycles. The smallest absolute Gasteiger partial charge is 0.325 e. The van der Waals surface area contributed by atoms with Crippen molar-refractivity contribution in [2.45, 2.75) is 6.92 Å². The summed E-state index contributed by atoms with van der Waals surface area (Å²) in [6, 6.07) is 0. The molecule has 0 rings (SSSR count). The van der Waals surface area contributed by atoms with Crippen LogP contribution in [0.3, 0.4) is 0 Å². The lowest BCUT2D eigenvalue weighted by Crippen LogP contribution is -2.38. The monoisotopic (exact) mass is 276 g/mol. The Labute approximate surface area is 111 Å². The number of likely N-dealkylation sites (N-methyl/N-ethyl adjacent to an activating group) is 2. The van der Waals surface area contributed by atoms with E-state index < -0.39 is 0 Å². The fourth-order valence-corrected chi connectivity index (χ4v) is 0.757. The number of esters is 1. The van der Waals surface area contributed by atoms with Crippen molar-refractivity contribution in [1.82, 2.24) is 15.2 Å². The van der Waals surface area contributed by atoms with Crippen molar-refractivity contribution in [2.75, 3.05) is 33.8 Å². The molecule has 9 nitrogen and oxygen atoms in total. The Morgan fingerprint density at radius 1 is 1.16 bits per heavy atom. The molecule has 0 heterocycles. The summed E-state index contributed by atoms with van der Waals surface area (Å²) in [4.78, 5) is 43.2. The number of hydrogen-bond donors (Lipinski definition) is 2. The predicted octanol–water partition coefficient (Wildman–Crippen LogP) is -2.30. The van der Waals surface area contributed by atoms with E-state index in [1.54, 1.807) is 6.92 Å². The van der Waals surface area contributed by atoms with Gasteiger partial charge in [0.05, 0.1) is 6.61 Å². The van der Waals surface area contributed by atoms with Gasteiger partial charge >= 0.3 is 5.97 Å². The Bertz CT molecular complexity index is 298. The lowest BCUT2D eigenvalue weighted by molar-refractivity contribution is -0.145. The summed E-state index contributed by atoms with van der Waals surface area (Å²) in [5.41, 5.74) is 1.89. The van der Waals surface area contributed by atoms with Crippen LogP contribution in [0, 0.1) is 0 Å². The maximum Gasteiger partial charge on any atom is 0.325 e. The SMILES string of the molecule is CCOC(=O)CN(C)C=O.CN(C=O)CC(=O)NN. The van der Waals surface area contributed by atoms with Crippen molar-refractivity contribution in [2.24, 2.45) is 5.84 Å². The maximum atomic E-state index is 10.6. The highest BCUT2D eigenvalue weighted by atomic mass is 16.5. The molecule has 3 N–H and O–H groups in total. The van der Waals surface area contributed by atoms with Gasteiger partial charge in [-0.3, -0.25) is 24.6 Å². The second-order valence-electron chi connectivity index (χ2n) is 3.41. The molecule has 0 radical (unpaired) electrons. The van der Waals surface area contributed by atoms with Gasteiger partial charge in [0.1, 0.15) is 13.1 Å². The van der Waals surface area contributed by atoms with E-state index in [-0.39, 0.29) is 25.0 Å². The van der Waals surface area contributed by atoms with Gasteiger partial charge in [-0.05, 0) is 6.92 Å². The Morgan fingerprint density at radius 2 is 1.63 bits per heavy atom. The van der Waals surface area contributed by atoms with E-state index in [0.717, 1.165) is 0 Å². The van der Waals surface area contributed by atoms with E-state index in [2.05, 4.69) is 4.74 Å². The van der Waals surface area contributed by atoms with Crippen LogP contribution in [0.15, 0.2) is 0 Å². The fraction of sp³-hybridized carbons (Fsp3) is 0.600. The van der Waals surface area contributed by atoms with E-state index in [1.165, 1.54) is 23.9 Å². The molecule has 110 valence electrons. The molecule has 0 bridgehead atoms. The Kier molecular flexibility index (Phi) is 12.4. The van der Waals surface area contributed by atoms with Crippen LogP contribution in [0.25, 0.3) is 0 Å². The minimum Gasteiger partial charge on any atom is -0.465 e. The zero-order valence-corrected chi connectivity index (χ0v) is 11.3. The summed E-state index contributed by atoms with van der Waals surface area (Å²) >= 11 is 0. The molecule has 0 fully saturated rings. The number of amides is 3. The van der Waals surface area contributed by atoms with Gasteiger partial charge in [-0.25, -0.2) is 5.84 Å². The minimum absolute atomic E-state index is 0.000000000000000222. The first-order valence-corrected chi connectivity index (χ1v) is 5.37. The van der Waals surface area contributed by atoms with Crippen LogP contribution in [-0.4, -0.2) is 68.3 Å². The van der Waals surface area contributed by atoms with E-state index >= 15 is 0 Å². The third-order valence-corrected chi connectivity index (χ3v) is 1.60. The van der Waals surface area contributed by atoms with Crippen LogP contribution < -0.4 is 11.3 Å². The average Bonchev–Trinajstić information content (AvgIpc) is 2.39. The van der Waals surface area contributed by atoms with Gasteiger partial charge in [-0.1, -0.05) is 0 Å². The lowest BCUT2D eigenvalue weighted by atomic mass is 10.6. The first-order valence-electron chi connectivity index (χ1n) is 5.37. The van der Waals surface area contributed by atoms with Gasteiger partial charge < -0.3 is 14.5 Å². The topological polar surface area (TPSA) is 122 Å². The molecule has 0 aliphatic rings. The molecule has 0 aromatic heterocycles. The van der Waals surface area contributed by atoms with Crippen LogP contribution in [0.5, 0.6) is 0 Å². The van der Waals surface area contributed by atoms with E-state index in [4.69, 9.17) is 5.84 Å². The van der Waals surface area contributed by atoms with Gasteiger partial charge in [-0.15, -0.1) is 0 Å². The third-order valence-electron chi connectivity index (χ3n) is 1.60. The molecule has 0 atom stereocenters. The van der Waals surface area contributed by atoms with Gasteiger partial charge in [0.25, 0.3) is 5.91 Å². The Morgan fingerprint density at radius 3 is 2.00 bits per heavy atom. The van der Waals surface area contributed by atoms with Gasteiger partial charge in [0, 0.05) is 14.1 Å². The Balaban J connectivity index is 0. The third kappa shape index (κ3) is 13.8. The summed E-state index contributed by atoms with van der Waals surface area (Å²) < 4.78 is 4.57. The van der Waals surface area contributed by atoms with Crippen LogP contribution in [0.4, 0.5) is 0 Å². The van der Waals surface area contributed by atoms with Crippen LogP contribution in [0.1, 0.15) is 6.92 Å². The first kappa shape index (κ1) is 19.2. The van der Waals surface area contributed by atoms with Crippen molar-refractivity contribution in [3.63, 3.8) is 0 Å². The minimum atomic E-state index is -0.385. The normalized spacial score (nSPS) is 8.42. The number of hydrogen-bond acceptors (Lipinski definition) is 6. The summed E-state index contributed by atoms with van der Waals surface area (Å²) in [6.45, 7) is 2.10. The highest BCUT2D eigenvalue weighted by molar-refractivity contribution is 5.79. The largest absolute Gasteiger partial charge is 0.465 e. The molecule has 0 aromatic rings. The number of hydrazine groups is 1. The molecule has 0 unspecified atom stereocenters. The molecule has 0 saturated carbocycles. The molecule has 19 heavy (non-hydrogen) atoms. The predicted molar refractivity (Wildman–Crippen MR) is 66.4 cm³/mol. The van der Waals surface area contributed by atoms with Crippen molar-refractivity contribution in [3.8, 4) is 0 Å². The van der Waals surface area contributed by atoms with Crippen molar-refractivity contribution >= 4 is 24.7 Å².